The number of carboxylic acids is 1. The highest BCUT2D eigenvalue weighted by Gasteiger charge is 2.17. The fourth-order valence-corrected chi connectivity index (χ4v) is 3.49. The van der Waals surface area contributed by atoms with Crippen LogP contribution < -0.4 is 10.1 Å². The molecule has 0 heterocycles. The van der Waals surface area contributed by atoms with Gasteiger partial charge in [0.25, 0.3) is 0 Å². The van der Waals surface area contributed by atoms with E-state index >= 15 is 0 Å². The molecule has 0 saturated heterocycles. The van der Waals surface area contributed by atoms with Crippen LogP contribution in [-0.4, -0.2) is 31.0 Å². The van der Waals surface area contributed by atoms with Crippen LogP contribution in [0.5, 0.6) is 5.75 Å². The zero-order valence-corrected chi connectivity index (χ0v) is 17.6. The van der Waals surface area contributed by atoms with Gasteiger partial charge in [-0.3, -0.25) is 9.59 Å². The SMILES string of the molecule is COc1ccc(C(NCCCCCCC(=O)O)c2ccc(Br)cc2C=O)cc1. The van der Waals surface area contributed by atoms with Crippen LogP contribution in [0.25, 0.3) is 0 Å². The molecule has 0 aliphatic heterocycles. The monoisotopic (exact) mass is 447 g/mol. The normalized spacial score (nSPS) is 11.8. The molecule has 0 aliphatic rings. The van der Waals surface area contributed by atoms with E-state index in [1.165, 1.54) is 0 Å². The number of ether oxygens (including phenoxy) is 1. The minimum absolute atomic E-state index is 0.113. The quantitative estimate of drug-likeness (QED) is 0.354. The highest BCUT2D eigenvalue weighted by atomic mass is 79.9. The molecule has 1 unspecified atom stereocenters. The predicted octanol–water partition coefficient (Wildman–Crippen LogP) is 4.98. The van der Waals surface area contributed by atoms with Gasteiger partial charge in [0.05, 0.1) is 13.2 Å². The highest BCUT2D eigenvalue weighted by molar-refractivity contribution is 9.10. The molecule has 0 spiro atoms. The minimum atomic E-state index is -0.741. The van der Waals surface area contributed by atoms with E-state index in [9.17, 15) is 9.59 Å². The van der Waals surface area contributed by atoms with E-state index < -0.39 is 5.97 Å². The lowest BCUT2D eigenvalue weighted by Gasteiger charge is -2.22. The van der Waals surface area contributed by atoms with Crippen LogP contribution in [0.3, 0.4) is 0 Å². The molecule has 0 aromatic heterocycles. The Bertz CT molecular complexity index is 777. The van der Waals surface area contributed by atoms with E-state index in [0.717, 1.165) is 53.4 Å². The molecule has 5 nitrogen and oxygen atoms in total. The summed E-state index contributed by atoms with van der Waals surface area (Å²) in [5.74, 6) is 0.0432. The molecule has 0 fully saturated rings. The number of nitrogens with one attached hydrogen (secondary N) is 1. The smallest absolute Gasteiger partial charge is 0.303 e. The van der Waals surface area contributed by atoms with Gasteiger partial charge < -0.3 is 15.2 Å². The van der Waals surface area contributed by atoms with Crippen molar-refractivity contribution in [3.63, 3.8) is 0 Å². The van der Waals surface area contributed by atoms with E-state index in [-0.39, 0.29) is 12.5 Å². The third-order valence-electron chi connectivity index (χ3n) is 4.60. The first-order valence-electron chi connectivity index (χ1n) is 9.39. The number of aldehydes is 1. The van der Waals surface area contributed by atoms with E-state index in [0.29, 0.717) is 12.0 Å². The van der Waals surface area contributed by atoms with Crippen molar-refractivity contribution in [2.24, 2.45) is 0 Å². The number of methoxy groups -OCH3 is 1. The van der Waals surface area contributed by atoms with Crippen LogP contribution in [0.1, 0.15) is 59.6 Å². The number of hydrogen-bond acceptors (Lipinski definition) is 4. The number of unbranched alkanes of at least 4 members (excludes halogenated alkanes) is 3. The molecule has 0 bridgehead atoms. The van der Waals surface area contributed by atoms with Gasteiger partial charge in [0.1, 0.15) is 12.0 Å². The number of aliphatic carboxylic acids is 1. The Balaban J connectivity index is 2.09. The van der Waals surface area contributed by atoms with Gasteiger partial charge in [0, 0.05) is 16.5 Å². The summed E-state index contributed by atoms with van der Waals surface area (Å²) in [6.07, 6.45) is 4.63. The number of rotatable bonds is 12. The van der Waals surface area contributed by atoms with Crippen molar-refractivity contribution in [3.8, 4) is 5.75 Å². The lowest BCUT2D eigenvalue weighted by molar-refractivity contribution is -0.137. The first-order valence-corrected chi connectivity index (χ1v) is 10.2. The van der Waals surface area contributed by atoms with Crippen LogP contribution in [0, 0.1) is 0 Å². The minimum Gasteiger partial charge on any atom is -0.497 e. The van der Waals surface area contributed by atoms with Crippen molar-refractivity contribution in [1.29, 1.82) is 0 Å². The summed E-state index contributed by atoms with van der Waals surface area (Å²) in [5.41, 5.74) is 2.62. The van der Waals surface area contributed by atoms with E-state index in [2.05, 4.69) is 21.2 Å². The van der Waals surface area contributed by atoms with Gasteiger partial charge in [0.2, 0.25) is 0 Å². The number of carbonyl (C=O) groups is 2. The summed E-state index contributed by atoms with van der Waals surface area (Å²) in [7, 11) is 1.63. The lowest BCUT2D eigenvalue weighted by atomic mass is 9.94. The van der Waals surface area contributed by atoms with Crippen LogP contribution in [0.4, 0.5) is 0 Å². The molecule has 2 N–H and O–H groups in total. The predicted molar refractivity (Wildman–Crippen MR) is 113 cm³/mol. The van der Waals surface area contributed by atoms with Gasteiger partial charge in [-0.05, 0) is 54.8 Å². The fraction of sp³-hybridized carbons (Fsp3) is 0.364. The number of carbonyl (C=O) groups excluding carboxylic acids is 1. The summed E-state index contributed by atoms with van der Waals surface area (Å²) in [6.45, 7) is 0.776. The molecule has 0 amide bonds. The van der Waals surface area contributed by atoms with Gasteiger partial charge in [-0.25, -0.2) is 0 Å². The van der Waals surface area contributed by atoms with Gasteiger partial charge >= 0.3 is 5.97 Å². The summed E-state index contributed by atoms with van der Waals surface area (Å²) in [5, 5.41) is 12.2. The maximum atomic E-state index is 11.6. The highest BCUT2D eigenvalue weighted by Crippen LogP contribution is 2.28. The third kappa shape index (κ3) is 6.77. The van der Waals surface area contributed by atoms with E-state index in [1.807, 2.05) is 42.5 Å². The Hall–Kier alpha value is -2.18. The van der Waals surface area contributed by atoms with Crippen LogP contribution in [-0.2, 0) is 4.79 Å². The van der Waals surface area contributed by atoms with Crippen molar-refractivity contribution in [2.75, 3.05) is 13.7 Å². The van der Waals surface area contributed by atoms with Crippen molar-refractivity contribution >= 4 is 28.2 Å². The molecule has 2 aromatic carbocycles. The number of carboxylic acid groups (broad SMARTS) is 1. The van der Waals surface area contributed by atoms with Crippen LogP contribution >= 0.6 is 15.9 Å². The Kier molecular flexibility index (Phi) is 9.17. The second kappa shape index (κ2) is 11.6. The summed E-state index contributed by atoms with van der Waals surface area (Å²) < 4.78 is 6.11. The fourth-order valence-electron chi connectivity index (χ4n) is 3.12. The maximum Gasteiger partial charge on any atom is 0.303 e. The molecule has 0 aliphatic carbocycles. The van der Waals surface area contributed by atoms with Gasteiger partial charge in [-0.1, -0.05) is 47.0 Å². The van der Waals surface area contributed by atoms with Gasteiger partial charge in [-0.15, -0.1) is 0 Å². The molecule has 2 aromatic rings. The number of hydrogen-bond donors (Lipinski definition) is 2. The number of halogens is 1. The van der Waals surface area contributed by atoms with E-state index in [1.54, 1.807) is 7.11 Å². The first kappa shape index (κ1) is 22.1. The first-order chi connectivity index (χ1) is 13.5. The van der Waals surface area contributed by atoms with Gasteiger partial charge in [0.15, 0.2) is 0 Å². The average molecular weight is 448 g/mol. The molecule has 150 valence electrons. The Morgan fingerprint density at radius 1 is 1.14 bits per heavy atom. The second-order valence-electron chi connectivity index (χ2n) is 6.61. The van der Waals surface area contributed by atoms with E-state index in [4.69, 9.17) is 9.84 Å². The Morgan fingerprint density at radius 3 is 2.50 bits per heavy atom. The molecular formula is C22H26BrNO4. The Morgan fingerprint density at radius 2 is 1.86 bits per heavy atom. The third-order valence-corrected chi connectivity index (χ3v) is 5.10. The average Bonchev–Trinajstić information content (AvgIpc) is 2.70. The zero-order valence-electron chi connectivity index (χ0n) is 16.0. The topological polar surface area (TPSA) is 75.6 Å². The second-order valence-corrected chi connectivity index (χ2v) is 7.53. The summed E-state index contributed by atoms with van der Waals surface area (Å²) in [4.78, 5) is 22.2. The summed E-state index contributed by atoms with van der Waals surface area (Å²) in [6, 6.07) is 13.4. The van der Waals surface area contributed by atoms with Crippen molar-refractivity contribution in [3.05, 3.63) is 63.6 Å². The number of benzene rings is 2. The zero-order chi connectivity index (χ0) is 20.4. The molecule has 1 atom stereocenters. The van der Waals surface area contributed by atoms with Crippen molar-refractivity contribution in [1.82, 2.24) is 5.32 Å². The molecule has 6 heteroatoms. The van der Waals surface area contributed by atoms with Crippen molar-refractivity contribution in [2.45, 2.75) is 38.1 Å². The maximum absolute atomic E-state index is 11.6. The largest absolute Gasteiger partial charge is 0.497 e. The molecule has 28 heavy (non-hydrogen) atoms. The molecule has 2 rings (SSSR count). The molecular weight excluding hydrogens is 422 g/mol. The van der Waals surface area contributed by atoms with Crippen molar-refractivity contribution < 1.29 is 19.4 Å². The molecule has 0 saturated carbocycles. The standard InChI is InChI=1S/C22H26BrNO4/c1-28-19-10-7-16(8-11-19)22(20-12-9-18(23)14-17(20)15-25)24-13-5-3-2-4-6-21(26)27/h7-12,14-15,22,24H,2-6,13H2,1H3,(H,26,27). The summed E-state index contributed by atoms with van der Waals surface area (Å²) >= 11 is 3.42. The van der Waals surface area contributed by atoms with Crippen LogP contribution in [0.15, 0.2) is 46.9 Å². The lowest BCUT2D eigenvalue weighted by Crippen LogP contribution is -2.24. The Labute approximate surface area is 174 Å². The molecule has 0 radical (unpaired) electrons. The van der Waals surface area contributed by atoms with Gasteiger partial charge in [-0.2, -0.15) is 0 Å². The van der Waals surface area contributed by atoms with Crippen LogP contribution in [0.2, 0.25) is 0 Å².